The fourth-order valence-electron chi connectivity index (χ4n) is 2.89. The fraction of sp³-hybridized carbons (Fsp3) is 0.647. The van der Waals surface area contributed by atoms with Crippen molar-refractivity contribution in [1.82, 2.24) is 5.32 Å². The average molecular weight is 277 g/mol. The minimum absolute atomic E-state index is 0.224. The van der Waals surface area contributed by atoms with Crippen LogP contribution in [0.4, 0.5) is 0 Å². The van der Waals surface area contributed by atoms with Gasteiger partial charge in [-0.25, -0.2) is 0 Å². The molecule has 1 fully saturated rings. The zero-order chi connectivity index (χ0) is 14.4. The van der Waals surface area contributed by atoms with Gasteiger partial charge in [0.25, 0.3) is 0 Å². The van der Waals surface area contributed by atoms with Crippen molar-refractivity contribution in [3.05, 3.63) is 29.3 Å². The van der Waals surface area contributed by atoms with Gasteiger partial charge in [-0.2, -0.15) is 0 Å². The van der Waals surface area contributed by atoms with Gasteiger partial charge in [0.05, 0.1) is 18.8 Å². The van der Waals surface area contributed by atoms with E-state index in [2.05, 4.69) is 37.4 Å². The Morgan fingerprint density at radius 1 is 1.35 bits per heavy atom. The van der Waals surface area contributed by atoms with Gasteiger partial charge in [-0.15, -0.1) is 0 Å². The molecule has 1 aliphatic rings. The number of rotatable bonds is 6. The topological polar surface area (TPSA) is 30.5 Å². The highest BCUT2D eigenvalue weighted by Gasteiger charge is 2.27. The fourth-order valence-corrected chi connectivity index (χ4v) is 2.89. The Labute approximate surface area is 122 Å². The van der Waals surface area contributed by atoms with Crippen molar-refractivity contribution in [3.8, 4) is 5.75 Å². The largest absolute Gasteiger partial charge is 0.494 e. The third-order valence-corrected chi connectivity index (χ3v) is 3.81. The van der Waals surface area contributed by atoms with Crippen LogP contribution in [0.1, 0.15) is 50.3 Å². The zero-order valence-corrected chi connectivity index (χ0v) is 12.9. The minimum Gasteiger partial charge on any atom is -0.494 e. The molecule has 1 saturated heterocycles. The third-order valence-electron chi connectivity index (χ3n) is 3.81. The molecule has 0 aromatic heterocycles. The SMILES string of the molecule is CCNC(c1cc(C)ccc1OCC)C1CCCCO1. The highest BCUT2D eigenvalue weighted by Crippen LogP contribution is 2.33. The second-order valence-electron chi connectivity index (χ2n) is 5.41. The first kappa shape index (κ1) is 15.3. The van der Waals surface area contributed by atoms with E-state index >= 15 is 0 Å². The van der Waals surface area contributed by atoms with Crippen molar-refractivity contribution in [1.29, 1.82) is 0 Å². The highest BCUT2D eigenvalue weighted by atomic mass is 16.5. The van der Waals surface area contributed by atoms with Crippen molar-refractivity contribution in [2.45, 2.75) is 52.2 Å². The maximum absolute atomic E-state index is 6.00. The summed E-state index contributed by atoms with van der Waals surface area (Å²) in [7, 11) is 0. The maximum atomic E-state index is 6.00. The zero-order valence-electron chi connectivity index (χ0n) is 12.9. The van der Waals surface area contributed by atoms with Crippen molar-refractivity contribution < 1.29 is 9.47 Å². The summed E-state index contributed by atoms with van der Waals surface area (Å²) in [5.74, 6) is 0.984. The van der Waals surface area contributed by atoms with Crippen LogP contribution in [-0.2, 0) is 4.74 Å². The second kappa shape index (κ2) is 7.65. The monoisotopic (exact) mass is 277 g/mol. The molecular weight excluding hydrogens is 250 g/mol. The highest BCUT2D eigenvalue weighted by molar-refractivity contribution is 5.40. The van der Waals surface area contributed by atoms with Gasteiger partial charge in [-0.05, 0) is 45.7 Å². The van der Waals surface area contributed by atoms with Gasteiger partial charge in [0.2, 0.25) is 0 Å². The van der Waals surface area contributed by atoms with Crippen LogP contribution >= 0.6 is 0 Å². The molecule has 1 heterocycles. The summed E-state index contributed by atoms with van der Waals surface area (Å²) >= 11 is 0. The van der Waals surface area contributed by atoms with E-state index in [1.165, 1.54) is 24.0 Å². The summed E-state index contributed by atoms with van der Waals surface area (Å²) in [5.41, 5.74) is 2.50. The molecule has 0 saturated carbocycles. The van der Waals surface area contributed by atoms with Gasteiger partial charge in [0, 0.05) is 12.2 Å². The van der Waals surface area contributed by atoms with E-state index < -0.39 is 0 Å². The van der Waals surface area contributed by atoms with Gasteiger partial charge < -0.3 is 14.8 Å². The summed E-state index contributed by atoms with van der Waals surface area (Å²) < 4.78 is 11.8. The lowest BCUT2D eigenvalue weighted by atomic mass is 9.94. The maximum Gasteiger partial charge on any atom is 0.124 e. The predicted octanol–water partition coefficient (Wildman–Crippen LogP) is 3.61. The lowest BCUT2D eigenvalue weighted by Crippen LogP contribution is -2.36. The molecule has 0 spiro atoms. The van der Waals surface area contributed by atoms with E-state index in [1.54, 1.807) is 0 Å². The Morgan fingerprint density at radius 3 is 2.85 bits per heavy atom. The number of benzene rings is 1. The van der Waals surface area contributed by atoms with E-state index in [4.69, 9.17) is 9.47 Å². The molecule has 2 rings (SSSR count). The van der Waals surface area contributed by atoms with Crippen LogP contribution in [-0.4, -0.2) is 25.9 Å². The van der Waals surface area contributed by atoms with Crippen LogP contribution in [0.2, 0.25) is 0 Å². The molecule has 0 aliphatic carbocycles. The predicted molar refractivity (Wildman–Crippen MR) is 82.4 cm³/mol. The molecule has 0 amide bonds. The first-order valence-corrected chi connectivity index (χ1v) is 7.84. The van der Waals surface area contributed by atoms with E-state index in [9.17, 15) is 0 Å². The number of nitrogens with one attached hydrogen (secondary N) is 1. The molecule has 0 bridgehead atoms. The molecule has 1 aromatic rings. The third kappa shape index (κ3) is 3.74. The summed E-state index contributed by atoms with van der Waals surface area (Å²) in [4.78, 5) is 0. The molecule has 1 aromatic carbocycles. The van der Waals surface area contributed by atoms with Gasteiger partial charge >= 0.3 is 0 Å². The number of ether oxygens (including phenoxy) is 2. The first-order chi connectivity index (χ1) is 9.76. The normalized spacial score (nSPS) is 20.6. The molecule has 112 valence electrons. The van der Waals surface area contributed by atoms with Gasteiger partial charge in [0.1, 0.15) is 5.75 Å². The van der Waals surface area contributed by atoms with Crippen molar-refractivity contribution in [3.63, 3.8) is 0 Å². The smallest absolute Gasteiger partial charge is 0.124 e. The quantitative estimate of drug-likeness (QED) is 0.861. The molecule has 20 heavy (non-hydrogen) atoms. The summed E-state index contributed by atoms with van der Waals surface area (Å²) in [5, 5.41) is 3.59. The van der Waals surface area contributed by atoms with E-state index in [0.717, 1.165) is 25.3 Å². The van der Waals surface area contributed by atoms with Crippen LogP contribution in [0.5, 0.6) is 5.75 Å². The molecule has 0 radical (unpaired) electrons. The number of hydrogen-bond donors (Lipinski definition) is 1. The standard InChI is InChI=1S/C17H27NO2/c1-4-18-17(16-8-6-7-11-20-16)14-12-13(3)9-10-15(14)19-5-2/h9-10,12,16-18H,4-8,11H2,1-3H3. The molecule has 3 heteroatoms. The van der Waals surface area contributed by atoms with Crippen LogP contribution in [0.3, 0.4) is 0 Å². The molecular formula is C17H27NO2. The lowest BCUT2D eigenvalue weighted by molar-refractivity contribution is -0.00839. The van der Waals surface area contributed by atoms with Gasteiger partial charge in [-0.3, -0.25) is 0 Å². The number of hydrogen-bond acceptors (Lipinski definition) is 3. The van der Waals surface area contributed by atoms with E-state index in [-0.39, 0.29) is 12.1 Å². The van der Waals surface area contributed by atoms with Crippen LogP contribution < -0.4 is 10.1 Å². The van der Waals surface area contributed by atoms with Crippen LogP contribution in [0.25, 0.3) is 0 Å². The van der Waals surface area contributed by atoms with Crippen molar-refractivity contribution in [2.75, 3.05) is 19.8 Å². The Kier molecular flexibility index (Phi) is 5.86. The van der Waals surface area contributed by atoms with Crippen molar-refractivity contribution in [2.24, 2.45) is 0 Å². The Hall–Kier alpha value is -1.06. The number of aryl methyl sites for hydroxylation is 1. The minimum atomic E-state index is 0.224. The summed E-state index contributed by atoms with van der Waals surface area (Å²) in [6.45, 7) is 8.81. The Bertz CT molecular complexity index is 413. The van der Waals surface area contributed by atoms with Crippen molar-refractivity contribution >= 4 is 0 Å². The second-order valence-corrected chi connectivity index (χ2v) is 5.41. The van der Waals surface area contributed by atoms with Crippen LogP contribution in [0, 0.1) is 6.92 Å². The average Bonchev–Trinajstić information content (AvgIpc) is 2.48. The molecule has 2 unspecified atom stereocenters. The summed E-state index contributed by atoms with van der Waals surface area (Å²) in [6.07, 6.45) is 3.81. The Balaban J connectivity index is 2.28. The van der Waals surface area contributed by atoms with E-state index in [1.807, 2.05) is 6.92 Å². The Morgan fingerprint density at radius 2 is 2.20 bits per heavy atom. The van der Waals surface area contributed by atoms with Gasteiger partial charge in [0.15, 0.2) is 0 Å². The van der Waals surface area contributed by atoms with Crippen LogP contribution in [0.15, 0.2) is 18.2 Å². The molecule has 3 nitrogen and oxygen atoms in total. The first-order valence-electron chi connectivity index (χ1n) is 7.84. The lowest BCUT2D eigenvalue weighted by Gasteiger charge is -2.32. The van der Waals surface area contributed by atoms with E-state index in [0.29, 0.717) is 6.61 Å². The van der Waals surface area contributed by atoms with Gasteiger partial charge in [-0.1, -0.05) is 24.6 Å². The molecule has 1 aliphatic heterocycles. The molecule has 1 N–H and O–H groups in total. The number of likely N-dealkylation sites (N-methyl/N-ethyl adjacent to an activating group) is 1. The summed E-state index contributed by atoms with van der Waals surface area (Å²) in [6, 6.07) is 6.65. The molecule has 2 atom stereocenters.